The van der Waals surface area contributed by atoms with Crippen molar-refractivity contribution in [3.8, 4) is 0 Å². The van der Waals surface area contributed by atoms with Gasteiger partial charge in [-0.1, -0.05) is 89.9 Å². The molecule has 1 saturated heterocycles. The van der Waals surface area contributed by atoms with E-state index >= 15 is 0 Å². The molecule has 0 radical (unpaired) electrons. The number of carbonyl (C=O) groups is 1. The normalized spacial score (nSPS) is 22.6. The van der Waals surface area contributed by atoms with E-state index in [1.54, 1.807) is 0 Å². The Balaban J connectivity index is 1.79. The minimum atomic E-state index is -0.287. The van der Waals surface area contributed by atoms with Crippen LogP contribution in [0.5, 0.6) is 0 Å². The van der Waals surface area contributed by atoms with E-state index in [4.69, 9.17) is 23.2 Å². The first-order chi connectivity index (χ1) is 13.1. The van der Waals surface area contributed by atoms with Crippen LogP contribution in [0.15, 0.2) is 78.9 Å². The van der Waals surface area contributed by atoms with Crippen LogP contribution >= 0.6 is 23.2 Å². The Morgan fingerprint density at radius 2 is 1.30 bits per heavy atom. The molecule has 0 bridgehead atoms. The van der Waals surface area contributed by atoms with Crippen LogP contribution in [0.4, 0.5) is 0 Å². The van der Waals surface area contributed by atoms with Crippen molar-refractivity contribution in [1.82, 2.24) is 5.32 Å². The van der Waals surface area contributed by atoms with Gasteiger partial charge in [0.05, 0.1) is 5.92 Å². The van der Waals surface area contributed by atoms with Gasteiger partial charge in [0.1, 0.15) is 5.78 Å². The van der Waals surface area contributed by atoms with Gasteiger partial charge < -0.3 is 5.32 Å². The molecule has 0 spiro atoms. The summed E-state index contributed by atoms with van der Waals surface area (Å²) in [6.07, 6.45) is 0.393. The Morgan fingerprint density at radius 3 is 1.93 bits per heavy atom. The first-order valence-corrected chi connectivity index (χ1v) is 9.73. The molecule has 4 rings (SSSR count). The number of ketones is 1. The van der Waals surface area contributed by atoms with Crippen molar-refractivity contribution in [1.29, 1.82) is 0 Å². The Morgan fingerprint density at radius 1 is 0.741 bits per heavy atom. The first kappa shape index (κ1) is 18.2. The van der Waals surface area contributed by atoms with Gasteiger partial charge in [-0.2, -0.15) is 0 Å². The minimum Gasteiger partial charge on any atom is -0.302 e. The number of nitrogens with one attached hydrogen (secondary N) is 1. The van der Waals surface area contributed by atoms with Gasteiger partial charge in [0, 0.05) is 28.5 Å². The molecule has 1 heterocycles. The highest BCUT2D eigenvalue weighted by atomic mass is 35.5. The number of rotatable bonds is 3. The topological polar surface area (TPSA) is 29.1 Å². The molecule has 3 aromatic carbocycles. The molecule has 0 unspecified atom stereocenters. The van der Waals surface area contributed by atoms with Gasteiger partial charge in [0.15, 0.2) is 0 Å². The van der Waals surface area contributed by atoms with Crippen molar-refractivity contribution >= 4 is 29.0 Å². The molecule has 4 heteroatoms. The quantitative estimate of drug-likeness (QED) is 0.578. The average molecular weight is 396 g/mol. The maximum atomic E-state index is 13.3. The lowest BCUT2D eigenvalue weighted by atomic mass is 9.77. The molecule has 1 N–H and O–H groups in total. The summed E-state index contributed by atoms with van der Waals surface area (Å²) in [6, 6.07) is 24.9. The molecule has 1 aliphatic heterocycles. The van der Waals surface area contributed by atoms with E-state index in [9.17, 15) is 4.79 Å². The average Bonchev–Trinajstić information content (AvgIpc) is 2.69. The molecule has 2 nitrogen and oxygen atoms in total. The third kappa shape index (κ3) is 3.66. The lowest BCUT2D eigenvalue weighted by Crippen LogP contribution is -2.41. The molecule has 1 fully saturated rings. The molecule has 1 aliphatic rings. The van der Waals surface area contributed by atoms with Crippen LogP contribution in [-0.2, 0) is 4.79 Å². The third-order valence-corrected chi connectivity index (χ3v) is 5.83. The van der Waals surface area contributed by atoms with Crippen LogP contribution in [-0.4, -0.2) is 5.78 Å². The van der Waals surface area contributed by atoms with Gasteiger partial charge in [-0.25, -0.2) is 0 Å². The van der Waals surface area contributed by atoms with E-state index in [0.717, 1.165) is 16.7 Å². The minimum absolute atomic E-state index is 0.146. The van der Waals surface area contributed by atoms with Crippen molar-refractivity contribution in [3.05, 3.63) is 106 Å². The van der Waals surface area contributed by atoms with Gasteiger partial charge in [0.25, 0.3) is 0 Å². The molecular formula is C23H19Cl2NO. The summed E-state index contributed by atoms with van der Waals surface area (Å²) in [5, 5.41) is 4.98. The monoisotopic (exact) mass is 395 g/mol. The zero-order valence-corrected chi connectivity index (χ0v) is 16.1. The summed E-state index contributed by atoms with van der Waals surface area (Å²) in [4.78, 5) is 13.3. The number of hydrogen-bond donors (Lipinski definition) is 1. The maximum absolute atomic E-state index is 13.3. The van der Waals surface area contributed by atoms with Gasteiger partial charge >= 0.3 is 0 Å². The van der Waals surface area contributed by atoms with Crippen LogP contribution in [0.25, 0.3) is 0 Å². The Hall–Kier alpha value is -2.13. The van der Waals surface area contributed by atoms with Gasteiger partial charge in [-0.15, -0.1) is 0 Å². The third-order valence-electron chi connectivity index (χ3n) is 5.15. The number of benzene rings is 3. The summed E-state index contributed by atoms with van der Waals surface area (Å²) in [5.74, 6) is -0.0976. The number of piperidine rings is 1. The van der Waals surface area contributed by atoms with E-state index < -0.39 is 0 Å². The fourth-order valence-corrected chi connectivity index (χ4v) is 4.40. The smallest absolute Gasteiger partial charge is 0.144 e. The van der Waals surface area contributed by atoms with Crippen LogP contribution in [0.3, 0.4) is 0 Å². The van der Waals surface area contributed by atoms with Crippen molar-refractivity contribution in [2.24, 2.45) is 0 Å². The molecule has 27 heavy (non-hydrogen) atoms. The molecule has 0 aliphatic carbocycles. The molecule has 3 atom stereocenters. The highest BCUT2D eigenvalue weighted by Gasteiger charge is 2.39. The van der Waals surface area contributed by atoms with E-state index in [0.29, 0.717) is 16.5 Å². The molecular weight excluding hydrogens is 377 g/mol. The number of Topliss-reactive ketones (excluding diaryl/α,β-unsaturated/α-hetero) is 1. The fourth-order valence-electron chi connectivity index (χ4n) is 3.88. The van der Waals surface area contributed by atoms with E-state index in [-0.39, 0.29) is 23.8 Å². The number of hydrogen-bond acceptors (Lipinski definition) is 2. The van der Waals surface area contributed by atoms with Crippen molar-refractivity contribution in [3.63, 3.8) is 0 Å². The first-order valence-electron chi connectivity index (χ1n) is 8.97. The Labute approximate surface area is 169 Å². The fraction of sp³-hybridized carbons (Fsp3) is 0.174. The molecule has 136 valence electrons. The van der Waals surface area contributed by atoms with Gasteiger partial charge in [0.2, 0.25) is 0 Å². The molecule has 0 saturated carbocycles. The van der Waals surface area contributed by atoms with Crippen LogP contribution in [0.1, 0.15) is 41.1 Å². The highest BCUT2D eigenvalue weighted by Crippen LogP contribution is 2.43. The maximum Gasteiger partial charge on any atom is 0.144 e. The summed E-state index contributed by atoms with van der Waals surface area (Å²) < 4.78 is 0. The zero-order valence-electron chi connectivity index (χ0n) is 14.6. The molecule has 0 aromatic heterocycles. The van der Waals surface area contributed by atoms with Gasteiger partial charge in [-0.05, 0) is 28.8 Å². The summed E-state index contributed by atoms with van der Waals surface area (Å²) in [6.45, 7) is 0. The summed E-state index contributed by atoms with van der Waals surface area (Å²) in [5.41, 5.74) is 2.87. The highest BCUT2D eigenvalue weighted by molar-refractivity contribution is 6.31. The van der Waals surface area contributed by atoms with E-state index in [1.165, 1.54) is 0 Å². The second-order valence-electron chi connectivity index (χ2n) is 6.80. The number of halogens is 2. The predicted octanol–water partition coefficient (Wildman–Crippen LogP) is 6.12. The lowest BCUT2D eigenvalue weighted by Gasteiger charge is -2.38. The second-order valence-corrected chi connectivity index (χ2v) is 7.61. The van der Waals surface area contributed by atoms with E-state index in [2.05, 4.69) is 5.32 Å². The lowest BCUT2D eigenvalue weighted by molar-refractivity contribution is -0.123. The summed E-state index contributed by atoms with van der Waals surface area (Å²) >= 11 is 12.9. The van der Waals surface area contributed by atoms with Crippen molar-refractivity contribution in [2.75, 3.05) is 0 Å². The standard InChI is InChI=1S/C23H19Cl2NO/c24-18-12-6-4-10-16(18)20-14-21(27)22(15-8-2-1-3-9-15)23(26-20)17-11-5-7-13-19(17)25/h1-13,20,22-23,26H,14H2/t20-,22+,23-/m1/s1. The van der Waals surface area contributed by atoms with Gasteiger partial charge in [-0.3, -0.25) is 4.79 Å². The van der Waals surface area contributed by atoms with Crippen LogP contribution < -0.4 is 5.32 Å². The predicted molar refractivity (Wildman–Crippen MR) is 110 cm³/mol. The van der Waals surface area contributed by atoms with Crippen molar-refractivity contribution in [2.45, 2.75) is 24.4 Å². The summed E-state index contributed by atoms with van der Waals surface area (Å²) in [7, 11) is 0. The number of carbonyl (C=O) groups excluding carboxylic acids is 1. The zero-order chi connectivity index (χ0) is 18.8. The molecule has 3 aromatic rings. The largest absolute Gasteiger partial charge is 0.302 e. The van der Waals surface area contributed by atoms with Crippen LogP contribution in [0, 0.1) is 0 Å². The van der Waals surface area contributed by atoms with Crippen molar-refractivity contribution < 1.29 is 4.79 Å². The second kappa shape index (κ2) is 7.85. The Kier molecular flexibility index (Phi) is 5.31. The SMILES string of the molecule is O=C1C[C@H](c2ccccc2Cl)N[C@H](c2ccccc2Cl)[C@H]1c1ccccc1. The van der Waals surface area contributed by atoms with Crippen LogP contribution in [0.2, 0.25) is 10.0 Å². The Bertz CT molecular complexity index is 957. The van der Waals surface area contributed by atoms with E-state index in [1.807, 2.05) is 78.9 Å². The molecule has 0 amide bonds.